The zero-order chi connectivity index (χ0) is 22.3. The number of nitrogens with two attached hydrogens (primary N) is 1. The summed E-state index contributed by atoms with van der Waals surface area (Å²) in [4.78, 5) is 26.2. The molecule has 1 aliphatic heterocycles. The summed E-state index contributed by atoms with van der Waals surface area (Å²) in [6.45, 7) is 7.01. The van der Waals surface area contributed by atoms with E-state index in [0.717, 1.165) is 37.1 Å². The summed E-state index contributed by atoms with van der Waals surface area (Å²) >= 11 is 0. The van der Waals surface area contributed by atoms with E-state index >= 15 is 0 Å². The fourth-order valence-corrected chi connectivity index (χ4v) is 4.74. The molecule has 1 aromatic heterocycles. The first-order valence-electron chi connectivity index (χ1n) is 10.5. The predicted octanol–water partition coefficient (Wildman–Crippen LogP) is 2.55. The summed E-state index contributed by atoms with van der Waals surface area (Å²) in [5.41, 5.74) is 9.39. The third-order valence-corrected chi connectivity index (χ3v) is 6.63. The van der Waals surface area contributed by atoms with Crippen molar-refractivity contribution >= 4 is 17.6 Å². The molecule has 1 saturated carbocycles. The molecule has 2 fully saturated rings. The molecule has 1 aromatic carbocycles. The number of amides is 2. The summed E-state index contributed by atoms with van der Waals surface area (Å²) in [5.74, 6) is 0.0958. The van der Waals surface area contributed by atoms with Gasteiger partial charge in [-0.3, -0.25) is 9.59 Å². The normalized spacial score (nSPS) is 18.2. The lowest BCUT2D eigenvalue weighted by Gasteiger charge is -2.58. The molecular formula is C23H29N5O3. The standard InChI is InChI=1S/C23H29N5O3/c1-5-18(29)27-12-23(13-27)10-17(11-23)28-21(24)19(22(30)25-3)20(26-28)16-8-6-15(7-9-16)14(2)31-4/h5-9,14,17H,1,10-13,24H2,2-4H3,(H,25,30). The van der Waals surface area contributed by atoms with Gasteiger partial charge in [0.05, 0.1) is 12.1 Å². The van der Waals surface area contributed by atoms with Gasteiger partial charge in [-0.05, 0) is 31.4 Å². The van der Waals surface area contributed by atoms with E-state index in [2.05, 4.69) is 11.9 Å². The van der Waals surface area contributed by atoms with Gasteiger partial charge in [0.15, 0.2) is 0 Å². The second-order valence-corrected chi connectivity index (χ2v) is 8.59. The minimum Gasteiger partial charge on any atom is -0.383 e. The van der Waals surface area contributed by atoms with Crippen LogP contribution in [0, 0.1) is 5.41 Å². The van der Waals surface area contributed by atoms with E-state index in [-0.39, 0.29) is 29.4 Å². The number of rotatable bonds is 6. The molecule has 1 aliphatic carbocycles. The Morgan fingerprint density at radius 3 is 2.52 bits per heavy atom. The Bertz CT molecular complexity index is 1010. The molecule has 2 heterocycles. The number of carbonyl (C=O) groups is 2. The molecule has 31 heavy (non-hydrogen) atoms. The molecule has 164 valence electrons. The summed E-state index contributed by atoms with van der Waals surface area (Å²) in [6, 6.07) is 7.95. The Kier molecular flexibility index (Phi) is 5.35. The number of benzene rings is 1. The number of methoxy groups -OCH3 is 1. The number of aromatic nitrogens is 2. The van der Waals surface area contributed by atoms with Crippen molar-refractivity contribution in [2.24, 2.45) is 5.41 Å². The van der Waals surface area contributed by atoms with E-state index in [1.165, 1.54) is 6.08 Å². The Balaban J connectivity index is 1.58. The third kappa shape index (κ3) is 3.50. The maximum Gasteiger partial charge on any atom is 0.257 e. The molecule has 0 radical (unpaired) electrons. The van der Waals surface area contributed by atoms with Gasteiger partial charge in [-0.1, -0.05) is 30.8 Å². The Hall–Kier alpha value is -3.13. The van der Waals surface area contributed by atoms with Gasteiger partial charge in [0.25, 0.3) is 5.91 Å². The fourth-order valence-electron chi connectivity index (χ4n) is 4.74. The zero-order valence-electron chi connectivity index (χ0n) is 18.2. The highest BCUT2D eigenvalue weighted by Gasteiger charge is 2.54. The van der Waals surface area contributed by atoms with Crippen LogP contribution in [0.25, 0.3) is 11.3 Å². The van der Waals surface area contributed by atoms with Gasteiger partial charge in [-0.2, -0.15) is 5.10 Å². The molecule has 2 aromatic rings. The van der Waals surface area contributed by atoms with Gasteiger partial charge in [0.2, 0.25) is 5.91 Å². The van der Waals surface area contributed by atoms with Crippen molar-refractivity contribution in [1.82, 2.24) is 20.0 Å². The van der Waals surface area contributed by atoms with Crippen LogP contribution in [0.3, 0.4) is 0 Å². The number of hydrogen-bond donors (Lipinski definition) is 2. The minimum absolute atomic E-state index is 0.0173. The highest BCUT2D eigenvalue weighted by molar-refractivity contribution is 6.04. The van der Waals surface area contributed by atoms with Crippen molar-refractivity contribution in [3.05, 3.63) is 48.0 Å². The van der Waals surface area contributed by atoms with E-state index < -0.39 is 0 Å². The second kappa shape index (κ2) is 7.85. The van der Waals surface area contributed by atoms with Gasteiger partial charge in [0, 0.05) is 38.2 Å². The van der Waals surface area contributed by atoms with Crippen LogP contribution in [0.15, 0.2) is 36.9 Å². The van der Waals surface area contributed by atoms with E-state index in [9.17, 15) is 9.59 Å². The molecule has 8 heteroatoms. The zero-order valence-corrected chi connectivity index (χ0v) is 18.2. The molecule has 2 aliphatic rings. The number of ether oxygens (including phenoxy) is 1. The Morgan fingerprint density at radius 2 is 1.97 bits per heavy atom. The van der Waals surface area contributed by atoms with Crippen molar-refractivity contribution < 1.29 is 14.3 Å². The molecule has 1 unspecified atom stereocenters. The smallest absolute Gasteiger partial charge is 0.257 e. The second-order valence-electron chi connectivity index (χ2n) is 8.59. The average molecular weight is 424 g/mol. The summed E-state index contributed by atoms with van der Waals surface area (Å²) in [7, 11) is 3.26. The summed E-state index contributed by atoms with van der Waals surface area (Å²) < 4.78 is 7.16. The number of carbonyl (C=O) groups excluding carboxylic acids is 2. The van der Waals surface area contributed by atoms with Crippen molar-refractivity contribution in [1.29, 1.82) is 0 Å². The minimum atomic E-state index is -0.256. The summed E-state index contributed by atoms with van der Waals surface area (Å²) in [6.07, 6.45) is 3.11. The number of nitrogen functional groups attached to an aromatic ring is 1. The maximum atomic E-state index is 12.6. The first kappa shape index (κ1) is 21.1. The highest BCUT2D eigenvalue weighted by atomic mass is 16.5. The molecule has 1 atom stereocenters. The molecule has 4 rings (SSSR count). The van der Waals surface area contributed by atoms with Crippen LogP contribution in [0.5, 0.6) is 0 Å². The van der Waals surface area contributed by atoms with Crippen molar-refractivity contribution in [2.45, 2.75) is 31.9 Å². The molecule has 1 saturated heterocycles. The topological polar surface area (TPSA) is 102 Å². The fraction of sp³-hybridized carbons (Fsp3) is 0.435. The van der Waals surface area contributed by atoms with Crippen LogP contribution in [0.4, 0.5) is 5.82 Å². The van der Waals surface area contributed by atoms with Gasteiger partial charge >= 0.3 is 0 Å². The first-order chi connectivity index (χ1) is 14.8. The van der Waals surface area contributed by atoms with E-state index in [1.54, 1.807) is 23.7 Å². The van der Waals surface area contributed by atoms with E-state index in [0.29, 0.717) is 17.1 Å². The van der Waals surface area contributed by atoms with Gasteiger partial charge < -0.3 is 20.7 Å². The Morgan fingerprint density at radius 1 is 1.32 bits per heavy atom. The van der Waals surface area contributed by atoms with Crippen molar-refractivity contribution in [2.75, 3.05) is 33.0 Å². The quantitative estimate of drug-likeness (QED) is 0.695. The van der Waals surface area contributed by atoms with Crippen LogP contribution in [-0.2, 0) is 9.53 Å². The highest BCUT2D eigenvalue weighted by Crippen LogP contribution is 2.54. The third-order valence-electron chi connectivity index (χ3n) is 6.63. The largest absolute Gasteiger partial charge is 0.383 e. The van der Waals surface area contributed by atoms with Crippen molar-refractivity contribution in [3.8, 4) is 11.3 Å². The lowest BCUT2D eigenvalue weighted by molar-refractivity contribution is -0.148. The van der Waals surface area contributed by atoms with Crippen LogP contribution in [-0.4, -0.2) is 53.7 Å². The lowest BCUT2D eigenvalue weighted by Crippen LogP contribution is -2.63. The van der Waals surface area contributed by atoms with E-state index in [4.69, 9.17) is 15.6 Å². The lowest BCUT2D eigenvalue weighted by atomic mass is 9.60. The molecule has 0 bridgehead atoms. The molecule has 2 amide bonds. The first-order valence-corrected chi connectivity index (χ1v) is 10.5. The molecular weight excluding hydrogens is 394 g/mol. The van der Waals surface area contributed by atoms with Crippen LogP contribution < -0.4 is 11.1 Å². The number of nitrogens with one attached hydrogen (secondary N) is 1. The molecule has 1 spiro atoms. The SMILES string of the molecule is C=CC(=O)N1CC2(CC(n3nc(-c4ccc(C(C)OC)cc4)c(C(=O)NC)c3N)C2)C1. The van der Waals surface area contributed by atoms with Crippen LogP contribution >= 0.6 is 0 Å². The van der Waals surface area contributed by atoms with E-state index in [1.807, 2.05) is 31.2 Å². The average Bonchev–Trinajstić information content (AvgIpc) is 3.07. The van der Waals surface area contributed by atoms with Gasteiger partial charge in [-0.15, -0.1) is 0 Å². The monoisotopic (exact) mass is 423 g/mol. The van der Waals surface area contributed by atoms with Gasteiger partial charge in [-0.25, -0.2) is 4.68 Å². The summed E-state index contributed by atoms with van der Waals surface area (Å²) in [5, 5.41) is 7.44. The Labute approximate surface area is 182 Å². The number of nitrogens with zero attached hydrogens (tertiary/aromatic N) is 3. The number of anilines is 1. The number of likely N-dealkylation sites (tertiary alicyclic amines) is 1. The maximum absolute atomic E-state index is 12.6. The molecule has 8 nitrogen and oxygen atoms in total. The predicted molar refractivity (Wildman–Crippen MR) is 118 cm³/mol. The van der Waals surface area contributed by atoms with Crippen molar-refractivity contribution in [3.63, 3.8) is 0 Å². The van der Waals surface area contributed by atoms with Crippen LogP contribution in [0.2, 0.25) is 0 Å². The molecule has 3 N–H and O–H groups in total. The number of hydrogen-bond acceptors (Lipinski definition) is 5. The van der Waals surface area contributed by atoms with Gasteiger partial charge in [0.1, 0.15) is 17.1 Å². The van der Waals surface area contributed by atoms with Crippen LogP contribution in [0.1, 0.15) is 47.8 Å².